The molecule has 5 heteroatoms. The van der Waals surface area contributed by atoms with Crippen molar-refractivity contribution in [3.05, 3.63) is 59.2 Å². The molecule has 2 aromatic rings. The number of benzene rings is 2. The fourth-order valence-electron chi connectivity index (χ4n) is 2.14. The Morgan fingerprint density at radius 1 is 1.13 bits per heavy atom. The van der Waals surface area contributed by atoms with Crippen LogP contribution in [0.1, 0.15) is 30.0 Å². The van der Waals surface area contributed by atoms with Crippen LogP contribution >= 0.6 is 12.2 Å². The van der Waals surface area contributed by atoms with Gasteiger partial charge in [-0.25, -0.2) is 0 Å². The molecule has 0 aromatic heterocycles. The summed E-state index contributed by atoms with van der Waals surface area (Å²) in [4.78, 5) is 0. The first kappa shape index (κ1) is 17.0. The molecular weight excluding hydrogens is 306 g/mol. The first-order valence-electron chi connectivity index (χ1n) is 7.50. The summed E-state index contributed by atoms with van der Waals surface area (Å²) in [6, 6.07) is 13.1. The van der Waals surface area contributed by atoms with Crippen molar-refractivity contribution in [3.8, 4) is 5.75 Å². The fourth-order valence-corrected chi connectivity index (χ4v) is 2.30. The third-order valence-corrected chi connectivity index (χ3v) is 3.66. The SMILES string of the molecule is CC/C(=N\NC(=S)Nc1cc(C)ccc1C)c1ccc(O)cc1. The summed E-state index contributed by atoms with van der Waals surface area (Å²) in [6.07, 6.45) is 0.754. The lowest BCUT2D eigenvalue weighted by Gasteiger charge is -2.12. The average molecular weight is 327 g/mol. The molecule has 0 aliphatic heterocycles. The van der Waals surface area contributed by atoms with E-state index in [1.807, 2.05) is 39.0 Å². The van der Waals surface area contributed by atoms with Crippen LogP contribution in [0.5, 0.6) is 5.75 Å². The molecular formula is C18H21N3OS. The number of hydrogen-bond donors (Lipinski definition) is 3. The maximum absolute atomic E-state index is 9.36. The molecule has 0 saturated heterocycles. The van der Waals surface area contributed by atoms with E-state index in [9.17, 15) is 5.11 Å². The lowest BCUT2D eigenvalue weighted by molar-refractivity contribution is 0.475. The number of rotatable bonds is 4. The molecule has 0 aliphatic carbocycles. The predicted octanol–water partition coefficient (Wildman–Crippen LogP) is 4.11. The Kier molecular flexibility index (Phi) is 5.71. The van der Waals surface area contributed by atoms with Gasteiger partial charge < -0.3 is 10.4 Å². The van der Waals surface area contributed by atoms with Gasteiger partial charge in [0, 0.05) is 5.69 Å². The summed E-state index contributed by atoms with van der Waals surface area (Å²) in [5.41, 5.74) is 7.97. The number of phenols is 1. The standard InChI is InChI=1S/C18H21N3OS/c1-4-16(14-7-9-15(22)10-8-14)20-21-18(23)19-17-11-12(2)5-6-13(17)3/h5-11,22H,4H2,1-3H3,(H2,19,21,23)/b20-16+. The van der Waals surface area contributed by atoms with Crippen LogP contribution < -0.4 is 10.7 Å². The Bertz CT molecular complexity index is 724. The zero-order chi connectivity index (χ0) is 16.8. The number of hydrazone groups is 1. The van der Waals surface area contributed by atoms with Crippen LogP contribution in [-0.4, -0.2) is 15.9 Å². The molecule has 4 nitrogen and oxygen atoms in total. The fraction of sp³-hybridized carbons (Fsp3) is 0.222. The van der Waals surface area contributed by atoms with Gasteiger partial charge >= 0.3 is 0 Å². The molecule has 2 rings (SSSR count). The average Bonchev–Trinajstić information content (AvgIpc) is 2.53. The minimum atomic E-state index is 0.240. The van der Waals surface area contributed by atoms with Crippen LogP contribution in [-0.2, 0) is 0 Å². The van der Waals surface area contributed by atoms with Gasteiger partial charge in [0.2, 0.25) is 0 Å². The summed E-state index contributed by atoms with van der Waals surface area (Å²) in [6.45, 7) is 6.09. The largest absolute Gasteiger partial charge is 0.508 e. The Labute approximate surface area is 142 Å². The van der Waals surface area contributed by atoms with Crippen molar-refractivity contribution in [2.24, 2.45) is 5.10 Å². The van der Waals surface area contributed by atoms with Crippen molar-refractivity contribution in [3.63, 3.8) is 0 Å². The smallest absolute Gasteiger partial charge is 0.191 e. The highest BCUT2D eigenvalue weighted by molar-refractivity contribution is 7.80. The molecule has 0 radical (unpaired) electrons. The van der Waals surface area contributed by atoms with E-state index in [1.54, 1.807) is 12.1 Å². The van der Waals surface area contributed by atoms with Crippen LogP contribution in [0.15, 0.2) is 47.6 Å². The first-order valence-corrected chi connectivity index (χ1v) is 7.90. The van der Waals surface area contributed by atoms with Crippen molar-refractivity contribution < 1.29 is 5.11 Å². The van der Waals surface area contributed by atoms with Gasteiger partial charge in [0.25, 0.3) is 0 Å². The Morgan fingerprint density at radius 2 is 1.83 bits per heavy atom. The molecule has 0 fully saturated rings. The van der Waals surface area contributed by atoms with Gasteiger partial charge in [-0.1, -0.05) is 19.1 Å². The molecule has 0 unspecified atom stereocenters. The molecule has 0 aliphatic rings. The summed E-state index contributed by atoms with van der Waals surface area (Å²) >= 11 is 5.31. The summed E-state index contributed by atoms with van der Waals surface area (Å²) < 4.78 is 0. The molecule has 0 bridgehead atoms. The van der Waals surface area contributed by atoms with Gasteiger partial charge in [-0.15, -0.1) is 0 Å². The van der Waals surface area contributed by atoms with Crippen molar-refractivity contribution in [1.29, 1.82) is 0 Å². The molecule has 0 atom stereocenters. The van der Waals surface area contributed by atoms with Crippen molar-refractivity contribution in [1.82, 2.24) is 5.43 Å². The lowest BCUT2D eigenvalue weighted by atomic mass is 10.1. The first-order chi connectivity index (χ1) is 11.0. The third kappa shape index (κ3) is 4.79. The van der Waals surface area contributed by atoms with E-state index in [0.29, 0.717) is 5.11 Å². The second-order valence-electron chi connectivity index (χ2n) is 5.34. The highest BCUT2D eigenvalue weighted by Crippen LogP contribution is 2.16. The summed E-state index contributed by atoms with van der Waals surface area (Å²) in [7, 11) is 0. The molecule has 0 amide bonds. The number of phenolic OH excluding ortho intramolecular Hbond substituents is 1. The number of thiocarbonyl (C=S) groups is 1. The van der Waals surface area contributed by atoms with Crippen LogP contribution in [0.3, 0.4) is 0 Å². The zero-order valence-electron chi connectivity index (χ0n) is 13.6. The molecule has 23 heavy (non-hydrogen) atoms. The normalized spacial score (nSPS) is 11.2. The molecule has 0 spiro atoms. The molecule has 3 N–H and O–H groups in total. The number of aryl methyl sites for hydroxylation is 2. The Hall–Kier alpha value is -2.40. The van der Waals surface area contributed by atoms with E-state index >= 15 is 0 Å². The van der Waals surface area contributed by atoms with Crippen LogP contribution in [0.25, 0.3) is 0 Å². The monoisotopic (exact) mass is 327 g/mol. The van der Waals surface area contributed by atoms with Gasteiger partial charge in [-0.05, 0) is 79.5 Å². The summed E-state index contributed by atoms with van der Waals surface area (Å²) in [5.74, 6) is 0.240. The van der Waals surface area contributed by atoms with Gasteiger partial charge in [-0.3, -0.25) is 5.43 Å². The molecule has 2 aromatic carbocycles. The van der Waals surface area contributed by atoms with E-state index in [0.717, 1.165) is 28.9 Å². The minimum Gasteiger partial charge on any atom is -0.508 e. The predicted molar refractivity (Wildman–Crippen MR) is 100 cm³/mol. The molecule has 0 heterocycles. The quantitative estimate of drug-likeness (QED) is 0.449. The van der Waals surface area contributed by atoms with E-state index in [-0.39, 0.29) is 5.75 Å². The zero-order valence-corrected chi connectivity index (χ0v) is 14.4. The number of hydrogen-bond acceptors (Lipinski definition) is 3. The van der Waals surface area contributed by atoms with E-state index in [1.165, 1.54) is 5.56 Å². The lowest BCUT2D eigenvalue weighted by Crippen LogP contribution is -2.25. The minimum absolute atomic E-state index is 0.240. The highest BCUT2D eigenvalue weighted by Gasteiger charge is 2.04. The van der Waals surface area contributed by atoms with Gasteiger partial charge in [0.05, 0.1) is 5.71 Å². The van der Waals surface area contributed by atoms with Crippen molar-refractivity contribution in [2.45, 2.75) is 27.2 Å². The number of aromatic hydroxyl groups is 1. The van der Waals surface area contributed by atoms with Gasteiger partial charge in [0.1, 0.15) is 5.75 Å². The van der Waals surface area contributed by atoms with Crippen molar-refractivity contribution in [2.75, 3.05) is 5.32 Å². The van der Waals surface area contributed by atoms with Crippen molar-refractivity contribution >= 4 is 28.7 Å². The second-order valence-corrected chi connectivity index (χ2v) is 5.75. The molecule has 120 valence electrons. The van der Waals surface area contributed by atoms with Crippen LogP contribution in [0, 0.1) is 13.8 Å². The Balaban J connectivity index is 2.06. The van der Waals surface area contributed by atoms with E-state index < -0.39 is 0 Å². The topological polar surface area (TPSA) is 56.7 Å². The highest BCUT2D eigenvalue weighted by atomic mass is 32.1. The van der Waals surface area contributed by atoms with Gasteiger partial charge in [0.15, 0.2) is 5.11 Å². The van der Waals surface area contributed by atoms with E-state index in [2.05, 4.69) is 28.0 Å². The number of nitrogens with zero attached hydrogens (tertiary/aromatic N) is 1. The maximum atomic E-state index is 9.36. The van der Waals surface area contributed by atoms with E-state index in [4.69, 9.17) is 12.2 Å². The maximum Gasteiger partial charge on any atom is 0.191 e. The van der Waals surface area contributed by atoms with Crippen LogP contribution in [0.2, 0.25) is 0 Å². The Morgan fingerprint density at radius 3 is 2.48 bits per heavy atom. The summed E-state index contributed by atoms with van der Waals surface area (Å²) in [5, 5.41) is 17.3. The second kappa shape index (κ2) is 7.74. The third-order valence-electron chi connectivity index (χ3n) is 3.47. The molecule has 0 saturated carbocycles. The number of anilines is 1. The van der Waals surface area contributed by atoms with Crippen LogP contribution in [0.4, 0.5) is 5.69 Å². The van der Waals surface area contributed by atoms with Gasteiger partial charge in [-0.2, -0.15) is 5.10 Å². The number of nitrogens with one attached hydrogen (secondary N) is 2.